The van der Waals surface area contributed by atoms with Crippen LogP contribution in [-0.4, -0.2) is 66.0 Å². The number of piperidine rings is 1. The summed E-state index contributed by atoms with van der Waals surface area (Å²) in [7, 11) is 0. The smallest absolute Gasteiger partial charge is 0.314 e. The van der Waals surface area contributed by atoms with Crippen LogP contribution in [0.4, 0.5) is 10.5 Å². The number of primary amides is 1. The molecule has 24 heavy (non-hydrogen) atoms. The first-order chi connectivity index (χ1) is 11.6. The van der Waals surface area contributed by atoms with Crippen molar-refractivity contribution >= 4 is 17.6 Å². The molecular weight excluding hydrogens is 306 g/mol. The van der Waals surface area contributed by atoms with E-state index in [1.165, 1.54) is 5.69 Å². The monoisotopic (exact) mass is 331 g/mol. The van der Waals surface area contributed by atoms with Crippen LogP contribution in [0.25, 0.3) is 0 Å². The molecule has 2 N–H and O–H groups in total. The molecule has 3 amide bonds. The molecule has 2 saturated heterocycles. The number of anilines is 1. The number of nitrogens with zero attached hydrogens (tertiary/aromatic N) is 4. The van der Waals surface area contributed by atoms with E-state index in [-0.39, 0.29) is 11.8 Å². The van der Waals surface area contributed by atoms with Crippen molar-refractivity contribution in [3.63, 3.8) is 0 Å². The van der Waals surface area contributed by atoms with E-state index in [2.05, 4.69) is 16.8 Å². The van der Waals surface area contributed by atoms with Crippen molar-refractivity contribution in [1.82, 2.24) is 14.8 Å². The maximum atomic E-state index is 12.8. The van der Waals surface area contributed by atoms with Gasteiger partial charge in [0, 0.05) is 57.3 Å². The normalized spacial score (nSPS) is 21.7. The Hall–Kier alpha value is -2.31. The first kappa shape index (κ1) is 16.5. The molecule has 1 atom stereocenters. The minimum atomic E-state index is -0.425. The lowest BCUT2D eigenvalue weighted by Gasteiger charge is -2.39. The minimum Gasteiger partial charge on any atom is -0.368 e. The zero-order chi connectivity index (χ0) is 17.1. The van der Waals surface area contributed by atoms with Crippen LogP contribution in [0.5, 0.6) is 0 Å². The second-order valence-corrected chi connectivity index (χ2v) is 6.60. The van der Waals surface area contributed by atoms with E-state index in [1.807, 2.05) is 17.2 Å². The molecule has 0 radical (unpaired) electrons. The summed E-state index contributed by atoms with van der Waals surface area (Å²) in [4.78, 5) is 34.0. The highest BCUT2D eigenvalue weighted by Crippen LogP contribution is 2.23. The Labute approximate surface area is 142 Å². The SMILES string of the molecule is Cc1cnccc1N1CCN(C(=O)C2CCCN(C(N)=O)C2)CC1. The van der Waals surface area contributed by atoms with Gasteiger partial charge < -0.3 is 20.4 Å². The first-order valence-corrected chi connectivity index (χ1v) is 8.55. The molecule has 0 aliphatic carbocycles. The van der Waals surface area contributed by atoms with Crippen LogP contribution in [0.15, 0.2) is 18.5 Å². The fourth-order valence-electron chi connectivity index (χ4n) is 3.63. The number of nitrogens with two attached hydrogens (primary N) is 1. The third-order valence-electron chi connectivity index (χ3n) is 5.01. The number of hydrogen-bond donors (Lipinski definition) is 1. The highest BCUT2D eigenvalue weighted by atomic mass is 16.2. The largest absolute Gasteiger partial charge is 0.368 e. The Morgan fingerprint density at radius 3 is 2.58 bits per heavy atom. The van der Waals surface area contributed by atoms with Gasteiger partial charge in [0.05, 0.1) is 5.92 Å². The fraction of sp³-hybridized carbons (Fsp3) is 0.588. The molecule has 1 aromatic heterocycles. The van der Waals surface area contributed by atoms with E-state index >= 15 is 0 Å². The summed E-state index contributed by atoms with van der Waals surface area (Å²) in [6, 6.07) is 1.60. The van der Waals surface area contributed by atoms with E-state index < -0.39 is 6.03 Å². The zero-order valence-corrected chi connectivity index (χ0v) is 14.1. The average Bonchev–Trinajstić information content (AvgIpc) is 2.62. The van der Waals surface area contributed by atoms with Crippen LogP contribution in [0, 0.1) is 12.8 Å². The number of amides is 3. The Morgan fingerprint density at radius 2 is 1.92 bits per heavy atom. The lowest BCUT2D eigenvalue weighted by Crippen LogP contribution is -2.53. The summed E-state index contributed by atoms with van der Waals surface area (Å²) in [5, 5.41) is 0. The number of carbonyl (C=O) groups excluding carboxylic acids is 2. The van der Waals surface area contributed by atoms with Crippen molar-refractivity contribution < 1.29 is 9.59 Å². The van der Waals surface area contributed by atoms with E-state index in [0.29, 0.717) is 26.2 Å². The fourth-order valence-corrected chi connectivity index (χ4v) is 3.63. The Bertz CT molecular complexity index is 613. The summed E-state index contributed by atoms with van der Waals surface area (Å²) in [5.74, 6) is 0.0486. The quantitative estimate of drug-likeness (QED) is 0.870. The van der Waals surface area contributed by atoms with Gasteiger partial charge in [-0.25, -0.2) is 4.79 Å². The number of urea groups is 1. The Kier molecular flexibility index (Phi) is 4.87. The zero-order valence-electron chi connectivity index (χ0n) is 14.1. The molecule has 3 heterocycles. The lowest BCUT2D eigenvalue weighted by molar-refractivity contribution is -0.137. The molecule has 7 heteroatoms. The van der Waals surface area contributed by atoms with E-state index in [0.717, 1.165) is 31.5 Å². The maximum Gasteiger partial charge on any atom is 0.314 e. The summed E-state index contributed by atoms with van der Waals surface area (Å²) >= 11 is 0. The first-order valence-electron chi connectivity index (χ1n) is 8.55. The molecule has 1 unspecified atom stereocenters. The number of carbonyl (C=O) groups is 2. The number of hydrogen-bond acceptors (Lipinski definition) is 4. The van der Waals surface area contributed by atoms with Gasteiger partial charge in [0.2, 0.25) is 5.91 Å². The standard InChI is InChI=1S/C17H25N5O2/c1-13-11-19-5-4-15(13)20-7-9-21(10-8-20)16(23)14-3-2-6-22(12-14)17(18)24/h4-5,11,14H,2-3,6-10,12H2,1H3,(H2,18,24). The molecule has 0 bridgehead atoms. The number of likely N-dealkylation sites (tertiary alicyclic amines) is 1. The van der Waals surface area contributed by atoms with Crippen molar-refractivity contribution in [2.75, 3.05) is 44.2 Å². The summed E-state index contributed by atoms with van der Waals surface area (Å²) in [5.41, 5.74) is 7.70. The maximum absolute atomic E-state index is 12.8. The van der Waals surface area contributed by atoms with Crippen LogP contribution < -0.4 is 10.6 Å². The minimum absolute atomic E-state index is 0.111. The average molecular weight is 331 g/mol. The van der Waals surface area contributed by atoms with Gasteiger partial charge in [0.25, 0.3) is 0 Å². The number of aryl methyl sites for hydroxylation is 1. The third kappa shape index (κ3) is 3.44. The highest BCUT2D eigenvalue weighted by molar-refractivity contribution is 5.81. The molecule has 2 aliphatic rings. The van der Waals surface area contributed by atoms with Gasteiger partial charge in [-0.15, -0.1) is 0 Å². The summed E-state index contributed by atoms with van der Waals surface area (Å²) in [6.45, 7) is 6.25. The molecule has 0 spiro atoms. The predicted octanol–water partition coefficient (Wildman–Crippen LogP) is 0.829. The van der Waals surface area contributed by atoms with Crippen molar-refractivity contribution in [2.24, 2.45) is 11.7 Å². The molecule has 0 saturated carbocycles. The molecule has 130 valence electrons. The number of piperazine rings is 1. The van der Waals surface area contributed by atoms with Gasteiger partial charge in [-0.1, -0.05) is 0 Å². The molecule has 3 rings (SSSR count). The molecule has 2 fully saturated rings. The van der Waals surface area contributed by atoms with Crippen LogP contribution in [0.3, 0.4) is 0 Å². The lowest BCUT2D eigenvalue weighted by atomic mass is 9.96. The second-order valence-electron chi connectivity index (χ2n) is 6.60. The van der Waals surface area contributed by atoms with Crippen molar-refractivity contribution in [2.45, 2.75) is 19.8 Å². The van der Waals surface area contributed by atoms with E-state index in [4.69, 9.17) is 5.73 Å². The van der Waals surface area contributed by atoms with Gasteiger partial charge in [-0.2, -0.15) is 0 Å². The van der Waals surface area contributed by atoms with Crippen LogP contribution in [-0.2, 0) is 4.79 Å². The van der Waals surface area contributed by atoms with Crippen molar-refractivity contribution in [3.8, 4) is 0 Å². The second kappa shape index (κ2) is 7.07. The van der Waals surface area contributed by atoms with Gasteiger partial charge in [0.1, 0.15) is 0 Å². The molecule has 7 nitrogen and oxygen atoms in total. The molecular formula is C17H25N5O2. The van der Waals surface area contributed by atoms with Crippen LogP contribution in [0.1, 0.15) is 18.4 Å². The molecule has 1 aromatic rings. The van der Waals surface area contributed by atoms with Crippen molar-refractivity contribution in [1.29, 1.82) is 0 Å². The number of rotatable bonds is 2. The van der Waals surface area contributed by atoms with Gasteiger partial charge in [-0.3, -0.25) is 9.78 Å². The summed E-state index contributed by atoms with van der Waals surface area (Å²) < 4.78 is 0. The predicted molar refractivity (Wildman–Crippen MR) is 91.6 cm³/mol. The molecule has 0 aromatic carbocycles. The van der Waals surface area contributed by atoms with E-state index in [1.54, 1.807) is 11.1 Å². The number of aromatic nitrogens is 1. The number of pyridine rings is 1. The Balaban J connectivity index is 1.57. The van der Waals surface area contributed by atoms with Crippen LogP contribution in [0.2, 0.25) is 0 Å². The van der Waals surface area contributed by atoms with Gasteiger partial charge in [-0.05, 0) is 31.4 Å². The highest BCUT2D eigenvalue weighted by Gasteiger charge is 2.32. The topological polar surface area (TPSA) is 82.8 Å². The van der Waals surface area contributed by atoms with Crippen LogP contribution >= 0.6 is 0 Å². The van der Waals surface area contributed by atoms with E-state index in [9.17, 15) is 9.59 Å². The van der Waals surface area contributed by atoms with Gasteiger partial charge >= 0.3 is 6.03 Å². The van der Waals surface area contributed by atoms with Crippen molar-refractivity contribution in [3.05, 3.63) is 24.0 Å². The Morgan fingerprint density at radius 1 is 1.17 bits per heavy atom. The third-order valence-corrected chi connectivity index (χ3v) is 5.01. The van der Waals surface area contributed by atoms with Gasteiger partial charge in [0.15, 0.2) is 0 Å². The molecule has 2 aliphatic heterocycles. The summed E-state index contributed by atoms with van der Waals surface area (Å²) in [6.07, 6.45) is 5.36.